The van der Waals surface area contributed by atoms with Gasteiger partial charge in [0.15, 0.2) is 0 Å². The predicted molar refractivity (Wildman–Crippen MR) is 79.1 cm³/mol. The van der Waals surface area contributed by atoms with Crippen LogP contribution in [0.1, 0.15) is 44.6 Å². The summed E-state index contributed by atoms with van der Waals surface area (Å²) < 4.78 is 39.9. The summed E-state index contributed by atoms with van der Waals surface area (Å²) in [6.45, 7) is 2.95. The second kappa shape index (κ2) is 7.30. The molecule has 4 heteroatoms. The van der Waals surface area contributed by atoms with Crippen molar-refractivity contribution in [1.82, 2.24) is 5.32 Å². The first kappa shape index (κ1) is 16.3. The third kappa shape index (κ3) is 5.03. The quantitative estimate of drug-likeness (QED) is 0.812. The summed E-state index contributed by atoms with van der Waals surface area (Å²) in [4.78, 5) is 0. The fourth-order valence-corrected chi connectivity index (χ4v) is 3.12. The van der Waals surface area contributed by atoms with Crippen LogP contribution in [0.4, 0.5) is 13.2 Å². The Morgan fingerprint density at radius 2 is 2.00 bits per heavy atom. The van der Waals surface area contributed by atoms with E-state index in [-0.39, 0.29) is 30.6 Å². The fourth-order valence-electron chi connectivity index (χ4n) is 3.12. The summed E-state index contributed by atoms with van der Waals surface area (Å²) in [5.41, 5.74) is 0.931. The summed E-state index contributed by atoms with van der Waals surface area (Å²) >= 11 is 0. The molecule has 1 saturated carbocycles. The van der Waals surface area contributed by atoms with Crippen molar-refractivity contribution < 1.29 is 13.2 Å². The number of hydrogen-bond acceptors (Lipinski definition) is 1. The Morgan fingerprint density at radius 3 is 2.62 bits per heavy atom. The molecule has 0 saturated heterocycles. The summed E-state index contributed by atoms with van der Waals surface area (Å²) in [6, 6.07) is 6.73. The van der Waals surface area contributed by atoms with E-state index in [0.29, 0.717) is 19.3 Å². The fraction of sp³-hybridized carbons (Fsp3) is 0.647. The van der Waals surface area contributed by atoms with Gasteiger partial charge in [-0.2, -0.15) is 0 Å². The van der Waals surface area contributed by atoms with E-state index in [9.17, 15) is 13.2 Å². The van der Waals surface area contributed by atoms with Gasteiger partial charge in [-0.25, -0.2) is 13.2 Å². The van der Waals surface area contributed by atoms with Crippen LogP contribution in [0.15, 0.2) is 24.3 Å². The highest BCUT2D eigenvalue weighted by molar-refractivity contribution is 5.17. The summed E-state index contributed by atoms with van der Waals surface area (Å²) in [7, 11) is 0. The number of nitrogens with one attached hydrogen (secondary N) is 1. The highest BCUT2D eigenvalue weighted by Crippen LogP contribution is 2.38. The van der Waals surface area contributed by atoms with Crippen LogP contribution in [0.5, 0.6) is 0 Å². The zero-order chi connectivity index (χ0) is 15.3. The molecule has 1 aliphatic rings. The highest BCUT2D eigenvalue weighted by atomic mass is 19.3. The van der Waals surface area contributed by atoms with Gasteiger partial charge in [0.25, 0.3) is 0 Å². The first-order valence-electron chi connectivity index (χ1n) is 7.86. The average molecular weight is 299 g/mol. The molecule has 0 bridgehead atoms. The van der Waals surface area contributed by atoms with E-state index >= 15 is 0 Å². The van der Waals surface area contributed by atoms with Gasteiger partial charge in [0, 0.05) is 18.9 Å². The molecule has 0 aromatic heterocycles. The number of hydrogen-bond donors (Lipinski definition) is 1. The lowest BCUT2D eigenvalue weighted by molar-refractivity contribution is -0.0495. The lowest BCUT2D eigenvalue weighted by Gasteiger charge is -2.34. The van der Waals surface area contributed by atoms with Gasteiger partial charge in [0.2, 0.25) is 5.92 Å². The summed E-state index contributed by atoms with van der Waals surface area (Å²) in [6.07, 6.45) is 2.75. The zero-order valence-electron chi connectivity index (χ0n) is 12.5. The van der Waals surface area contributed by atoms with Crippen molar-refractivity contribution in [1.29, 1.82) is 0 Å². The molecule has 1 unspecified atom stereocenters. The van der Waals surface area contributed by atoms with Gasteiger partial charge in [-0.05, 0) is 55.8 Å². The van der Waals surface area contributed by atoms with Crippen molar-refractivity contribution in [2.45, 2.75) is 57.4 Å². The van der Waals surface area contributed by atoms with Gasteiger partial charge in [0.05, 0.1) is 0 Å². The minimum absolute atomic E-state index is 0.0227. The molecule has 0 radical (unpaired) electrons. The van der Waals surface area contributed by atoms with E-state index in [1.165, 1.54) is 12.1 Å². The minimum Gasteiger partial charge on any atom is -0.313 e. The Balaban J connectivity index is 2.00. The van der Waals surface area contributed by atoms with Crippen LogP contribution in [-0.2, 0) is 6.42 Å². The lowest BCUT2D eigenvalue weighted by atomic mass is 9.80. The second-order valence-corrected chi connectivity index (χ2v) is 6.09. The van der Waals surface area contributed by atoms with Crippen LogP contribution >= 0.6 is 0 Å². The zero-order valence-corrected chi connectivity index (χ0v) is 12.5. The molecular formula is C17H24F3N. The molecule has 21 heavy (non-hydrogen) atoms. The molecule has 0 aliphatic heterocycles. The summed E-state index contributed by atoms with van der Waals surface area (Å²) in [5.74, 6) is -2.48. The van der Waals surface area contributed by atoms with Crippen molar-refractivity contribution in [2.75, 3.05) is 6.54 Å². The Morgan fingerprint density at radius 1 is 1.29 bits per heavy atom. The lowest BCUT2D eigenvalue weighted by Crippen LogP contribution is -2.41. The maximum absolute atomic E-state index is 13.3. The Labute approximate surface area is 124 Å². The van der Waals surface area contributed by atoms with Crippen molar-refractivity contribution in [3.63, 3.8) is 0 Å². The number of benzene rings is 1. The van der Waals surface area contributed by atoms with Crippen molar-refractivity contribution in [3.8, 4) is 0 Å². The molecular weight excluding hydrogens is 275 g/mol. The molecule has 1 N–H and O–H groups in total. The molecule has 2 rings (SSSR count). The number of rotatable bonds is 6. The SMILES string of the molecule is CCCNC(Cc1cccc(F)c1)C1CCC(F)(F)CC1. The topological polar surface area (TPSA) is 12.0 Å². The molecule has 1 fully saturated rings. The highest BCUT2D eigenvalue weighted by Gasteiger charge is 2.37. The van der Waals surface area contributed by atoms with Crippen molar-refractivity contribution in [2.24, 2.45) is 5.92 Å². The van der Waals surface area contributed by atoms with Gasteiger partial charge in [0.1, 0.15) is 5.82 Å². The number of alkyl halides is 2. The van der Waals surface area contributed by atoms with E-state index in [4.69, 9.17) is 0 Å². The third-order valence-electron chi connectivity index (χ3n) is 4.33. The predicted octanol–water partition coefficient (Wildman–Crippen LogP) is 4.56. The Hall–Kier alpha value is -1.03. The monoisotopic (exact) mass is 299 g/mol. The van der Waals surface area contributed by atoms with Crippen LogP contribution in [0.25, 0.3) is 0 Å². The van der Waals surface area contributed by atoms with Gasteiger partial charge >= 0.3 is 0 Å². The largest absolute Gasteiger partial charge is 0.313 e. The van der Waals surface area contributed by atoms with E-state index in [0.717, 1.165) is 18.5 Å². The van der Waals surface area contributed by atoms with Crippen LogP contribution < -0.4 is 5.32 Å². The third-order valence-corrected chi connectivity index (χ3v) is 4.33. The van der Waals surface area contributed by atoms with Crippen LogP contribution in [0.2, 0.25) is 0 Å². The van der Waals surface area contributed by atoms with E-state index in [1.54, 1.807) is 6.07 Å². The molecule has 0 heterocycles. The molecule has 1 aromatic carbocycles. The first-order chi connectivity index (χ1) is 10.00. The molecule has 1 aromatic rings. The van der Waals surface area contributed by atoms with Gasteiger partial charge in [-0.15, -0.1) is 0 Å². The normalized spacial score (nSPS) is 20.4. The second-order valence-electron chi connectivity index (χ2n) is 6.09. The molecule has 1 nitrogen and oxygen atoms in total. The van der Waals surface area contributed by atoms with Gasteiger partial charge < -0.3 is 5.32 Å². The first-order valence-corrected chi connectivity index (χ1v) is 7.86. The standard InChI is InChI=1S/C17H24F3N/c1-2-10-21-16(12-13-4-3-5-15(18)11-13)14-6-8-17(19,20)9-7-14/h3-5,11,14,16,21H,2,6-10,12H2,1H3. The molecule has 1 atom stereocenters. The number of halogens is 3. The average Bonchev–Trinajstić information content (AvgIpc) is 2.44. The van der Waals surface area contributed by atoms with E-state index < -0.39 is 5.92 Å². The molecule has 0 amide bonds. The van der Waals surface area contributed by atoms with Crippen LogP contribution in [0, 0.1) is 11.7 Å². The Kier molecular flexibility index (Phi) is 5.68. The van der Waals surface area contributed by atoms with E-state index in [2.05, 4.69) is 12.2 Å². The van der Waals surface area contributed by atoms with Crippen molar-refractivity contribution in [3.05, 3.63) is 35.6 Å². The smallest absolute Gasteiger partial charge is 0.248 e. The maximum Gasteiger partial charge on any atom is 0.248 e. The molecule has 118 valence electrons. The van der Waals surface area contributed by atoms with Crippen molar-refractivity contribution >= 4 is 0 Å². The molecule has 0 spiro atoms. The van der Waals surface area contributed by atoms with Crippen LogP contribution in [0.3, 0.4) is 0 Å². The van der Waals surface area contributed by atoms with E-state index in [1.807, 2.05) is 6.07 Å². The van der Waals surface area contributed by atoms with Gasteiger partial charge in [-0.3, -0.25) is 0 Å². The van der Waals surface area contributed by atoms with Gasteiger partial charge in [-0.1, -0.05) is 19.1 Å². The van der Waals surface area contributed by atoms with Crippen LogP contribution in [-0.4, -0.2) is 18.5 Å². The Bertz CT molecular complexity index is 437. The maximum atomic E-state index is 13.3. The minimum atomic E-state index is -2.50. The molecule has 1 aliphatic carbocycles. The summed E-state index contributed by atoms with van der Waals surface area (Å²) in [5, 5.41) is 3.47.